The Labute approximate surface area is 176 Å². The van der Waals surface area contributed by atoms with E-state index in [0.29, 0.717) is 16.4 Å². The third kappa shape index (κ3) is 4.04. The molecule has 0 atom stereocenters. The van der Waals surface area contributed by atoms with Crippen LogP contribution in [0, 0.1) is 17.0 Å². The maximum Gasteiger partial charge on any atom is 0.274 e. The number of para-hydroxylation sites is 3. The van der Waals surface area contributed by atoms with Crippen LogP contribution in [0.3, 0.4) is 0 Å². The van der Waals surface area contributed by atoms with E-state index in [1.54, 1.807) is 19.1 Å². The van der Waals surface area contributed by atoms with E-state index < -0.39 is 4.92 Å². The Morgan fingerprint density at radius 3 is 2.60 bits per heavy atom. The number of carbonyl (C=O) groups is 1. The molecule has 1 heterocycles. The van der Waals surface area contributed by atoms with Crippen molar-refractivity contribution in [1.82, 2.24) is 9.55 Å². The number of benzene rings is 3. The standard InChI is InChI=1S/C22H18N4O3S/c1-15-11-12-16(13-20(15)26(28)29)23-21(27)14-30-22-24-18-9-5-6-10-19(18)25(22)17-7-3-2-4-8-17/h2-13H,14H2,1H3,(H,23,27). The van der Waals surface area contributed by atoms with E-state index in [1.807, 2.05) is 59.2 Å². The molecule has 1 N–H and O–H groups in total. The first kappa shape index (κ1) is 19.7. The van der Waals surface area contributed by atoms with Crippen molar-refractivity contribution in [2.45, 2.75) is 12.1 Å². The predicted molar refractivity (Wildman–Crippen MR) is 118 cm³/mol. The van der Waals surface area contributed by atoms with Gasteiger partial charge in [0.2, 0.25) is 5.91 Å². The maximum absolute atomic E-state index is 12.5. The molecule has 0 saturated heterocycles. The highest BCUT2D eigenvalue weighted by molar-refractivity contribution is 7.99. The Morgan fingerprint density at radius 1 is 1.10 bits per heavy atom. The minimum atomic E-state index is -0.456. The molecule has 1 amide bonds. The zero-order valence-electron chi connectivity index (χ0n) is 16.1. The minimum absolute atomic E-state index is 0.0219. The van der Waals surface area contributed by atoms with Gasteiger partial charge < -0.3 is 5.32 Å². The number of anilines is 1. The predicted octanol–water partition coefficient (Wildman–Crippen LogP) is 4.97. The first-order valence-corrected chi connectivity index (χ1v) is 10.2. The summed E-state index contributed by atoms with van der Waals surface area (Å²) in [6.45, 7) is 1.66. The summed E-state index contributed by atoms with van der Waals surface area (Å²) in [5.41, 5.74) is 3.69. The second-order valence-corrected chi connectivity index (χ2v) is 7.59. The fourth-order valence-electron chi connectivity index (χ4n) is 3.14. The normalized spacial score (nSPS) is 10.8. The SMILES string of the molecule is Cc1ccc(NC(=O)CSc2nc3ccccc3n2-c2ccccc2)cc1[N+](=O)[O-]. The largest absolute Gasteiger partial charge is 0.325 e. The van der Waals surface area contributed by atoms with E-state index in [2.05, 4.69) is 10.3 Å². The number of nitro groups is 1. The highest BCUT2D eigenvalue weighted by Gasteiger charge is 2.16. The van der Waals surface area contributed by atoms with Crippen molar-refractivity contribution in [3.63, 3.8) is 0 Å². The Hall–Kier alpha value is -3.65. The van der Waals surface area contributed by atoms with Crippen LogP contribution in [-0.4, -0.2) is 26.1 Å². The van der Waals surface area contributed by atoms with Gasteiger partial charge in [-0.15, -0.1) is 0 Å². The molecule has 0 unspecified atom stereocenters. The summed E-state index contributed by atoms with van der Waals surface area (Å²) in [4.78, 5) is 27.8. The number of nitrogens with zero attached hydrogens (tertiary/aromatic N) is 3. The molecule has 30 heavy (non-hydrogen) atoms. The molecule has 0 aliphatic carbocycles. The van der Waals surface area contributed by atoms with Crippen LogP contribution in [-0.2, 0) is 4.79 Å². The van der Waals surface area contributed by atoms with Gasteiger partial charge in [0.05, 0.1) is 21.7 Å². The van der Waals surface area contributed by atoms with Gasteiger partial charge in [-0.1, -0.05) is 48.2 Å². The topological polar surface area (TPSA) is 90.1 Å². The molecule has 0 radical (unpaired) electrons. The number of nitrogens with one attached hydrogen (secondary N) is 1. The van der Waals surface area contributed by atoms with Crippen LogP contribution in [0.15, 0.2) is 78.0 Å². The van der Waals surface area contributed by atoms with E-state index in [1.165, 1.54) is 17.8 Å². The molecule has 0 aliphatic rings. The van der Waals surface area contributed by atoms with Gasteiger partial charge in [-0.2, -0.15) is 0 Å². The monoisotopic (exact) mass is 418 g/mol. The number of aryl methyl sites for hydroxylation is 1. The number of aromatic nitrogens is 2. The molecule has 0 saturated carbocycles. The lowest BCUT2D eigenvalue weighted by atomic mass is 10.2. The number of hydrogen-bond donors (Lipinski definition) is 1. The van der Waals surface area contributed by atoms with Crippen molar-refractivity contribution in [1.29, 1.82) is 0 Å². The number of imidazole rings is 1. The zero-order valence-corrected chi connectivity index (χ0v) is 16.9. The first-order valence-electron chi connectivity index (χ1n) is 9.23. The maximum atomic E-state index is 12.5. The number of carbonyl (C=O) groups excluding carboxylic acids is 1. The molecule has 0 fully saturated rings. The number of thioether (sulfide) groups is 1. The number of rotatable bonds is 6. The molecule has 150 valence electrons. The van der Waals surface area contributed by atoms with Crippen LogP contribution in [0.5, 0.6) is 0 Å². The second kappa shape index (κ2) is 8.38. The number of nitro benzene ring substituents is 1. The molecule has 4 aromatic rings. The Balaban J connectivity index is 1.55. The average molecular weight is 418 g/mol. The van der Waals surface area contributed by atoms with E-state index >= 15 is 0 Å². The Kier molecular flexibility index (Phi) is 5.49. The second-order valence-electron chi connectivity index (χ2n) is 6.65. The van der Waals surface area contributed by atoms with Gasteiger partial charge in [0.1, 0.15) is 0 Å². The lowest BCUT2D eigenvalue weighted by Gasteiger charge is -2.09. The highest BCUT2D eigenvalue weighted by atomic mass is 32.2. The van der Waals surface area contributed by atoms with Crippen LogP contribution in [0.2, 0.25) is 0 Å². The van der Waals surface area contributed by atoms with Crippen LogP contribution in [0.25, 0.3) is 16.7 Å². The van der Waals surface area contributed by atoms with Crippen LogP contribution >= 0.6 is 11.8 Å². The van der Waals surface area contributed by atoms with Crippen molar-refractivity contribution in [2.24, 2.45) is 0 Å². The average Bonchev–Trinajstić information content (AvgIpc) is 3.12. The Bertz CT molecular complexity index is 1240. The van der Waals surface area contributed by atoms with Crippen molar-refractivity contribution in [3.8, 4) is 5.69 Å². The molecule has 7 nitrogen and oxygen atoms in total. The fraction of sp³-hybridized carbons (Fsp3) is 0.0909. The van der Waals surface area contributed by atoms with Crippen molar-refractivity contribution >= 4 is 40.1 Å². The van der Waals surface area contributed by atoms with Gasteiger partial charge in [-0.05, 0) is 37.3 Å². The van der Waals surface area contributed by atoms with Crippen LogP contribution in [0.4, 0.5) is 11.4 Å². The van der Waals surface area contributed by atoms with Gasteiger partial charge in [0.25, 0.3) is 5.69 Å². The van der Waals surface area contributed by atoms with Gasteiger partial charge in [-0.3, -0.25) is 19.5 Å². The fourth-order valence-corrected chi connectivity index (χ4v) is 3.97. The molecular weight excluding hydrogens is 400 g/mol. The quantitative estimate of drug-likeness (QED) is 0.271. The van der Waals surface area contributed by atoms with E-state index in [-0.39, 0.29) is 17.3 Å². The molecule has 0 bridgehead atoms. The smallest absolute Gasteiger partial charge is 0.274 e. The summed E-state index contributed by atoms with van der Waals surface area (Å²) in [5.74, 6) is -0.137. The van der Waals surface area contributed by atoms with E-state index in [0.717, 1.165) is 16.7 Å². The van der Waals surface area contributed by atoms with Crippen LogP contribution < -0.4 is 5.32 Å². The summed E-state index contributed by atoms with van der Waals surface area (Å²) >= 11 is 1.31. The highest BCUT2D eigenvalue weighted by Crippen LogP contribution is 2.28. The van der Waals surface area contributed by atoms with Crippen molar-refractivity contribution in [3.05, 3.63) is 88.5 Å². The molecule has 0 aliphatic heterocycles. The summed E-state index contributed by atoms with van der Waals surface area (Å²) in [5, 5.41) is 14.5. The minimum Gasteiger partial charge on any atom is -0.325 e. The van der Waals surface area contributed by atoms with Gasteiger partial charge in [0.15, 0.2) is 5.16 Å². The van der Waals surface area contributed by atoms with Gasteiger partial charge in [0, 0.05) is 23.0 Å². The summed E-state index contributed by atoms with van der Waals surface area (Å²) in [7, 11) is 0. The first-order chi connectivity index (χ1) is 14.5. The lowest BCUT2D eigenvalue weighted by molar-refractivity contribution is -0.385. The van der Waals surface area contributed by atoms with Crippen LogP contribution in [0.1, 0.15) is 5.56 Å². The molecule has 0 spiro atoms. The summed E-state index contributed by atoms with van der Waals surface area (Å²) < 4.78 is 2.02. The molecule has 1 aromatic heterocycles. The third-order valence-electron chi connectivity index (χ3n) is 4.57. The molecular formula is C22H18N4O3S. The summed E-state index contributed by atoms with van der Waals surface area (Å²) in [6, 6.07) is 22.3. The number of fused-ring (bicyclic) bond motifs is 1. The van der Waals surface area contributed by atoms with E-state index in [9.17, 15) is 14.9 Å². The third-order valence-corrected chi connectivity index (χ3v) is 5.50. The van der Waals surface area contributed by atoms with Gasteiger partial charge >= 0.3 is 0 Å². The number of hydrogen-bond acceptors (Lipinski definition) is 5. The lowest BCUT2D eigenvalue weighted by Crippen LogP contribution is -2.14. The van der Waals surface area contributed by atoms with E-state index in [4.69, 9.17) is 0 Å². The van der Waals surface area contributed by atoms with Crippen molar-refractivity contribution < 1.29 is 9.72 Å². The number of amides is 1. The zero-order chi connectivity index (χ0) is 21.1. The van der Waals surface area contributed by atoms with Gasteiger partial charge in [-0.25, -0.2) is 4.98 Å². The molecule has 3 aromatic carbocycles. The van der Waals surface area contributed by atoms with Crippen molar-refractivity contribution in [2.75, 3.05) is 11.1 Å². The Morgan fingerprint density at radius 2 is 1.83 bits per heavy atom. The molecule has 8 heteroatoms. The summed E-state index contributed by atoms with van der Waals surface area (Å²) in [6.07, 6.45) is 0. The molecule has 4 rings (SSSR count).